The molecule has 0 aliphatic carbocycles. The van der Waals surface area contributed by atoms with Gasteiger partial charge in [-0.15, -0.1) is 0 Å². The maximum Gasteiger partial charge on any atom is 0.135 e. The van der Waals surface area contributed by atoms with Crippen LogP contribution < -0.4 is 0 Å². The molecule has 0 bridgehead atoms. The molecule has 1 nitrogen and oxygen atoms in total. The zero-order chi connectivity index (χ0) is 14.7. The summed E-state index contributed by atoms with van der Waals surface area (Å²) in [5.74, 6) is 1.63. The molecule has 0 atom stereocenters. The molecule has 0 N–H and O–H groups in total. The van der Waals surface area contributed by atoms with Gasteiger partial charge in [-0.25, -0.2) is 0 Å². The molecule has 19 heavy (non-hydrogen) atoms. The highest BCUT2D eigenvalue weighted by Gasteiger charge is 2.11. The number of furan rings is 1. The summed E-state index contributed by atoms with van der Waals surface area (Å²) in [4.78, 5) is 0. The molecule has 0 unspecified atom stereocenters. The first-order valence-electron chi connectivity index (χ1n) is 6.62. The maximum atomic E-state index is 5.74. The summed E-state index contributed by atoms with van der Waals surface area (Å²) in [6.07, 6.45) is 15.3. The molecule has 0 aromatic carbocycles. The van der Waals surface area contributed by atoms with Gasteiger partial charge in [0, 0.05) is 11.1 Å². The van der Waals surface area contributed by atoms with Crippen molar-refractivity contribution in [3.05, 3.63) is 60.1 Å². The summed E-state index contributed by atoms with van der Waals surface area (Å²) >= 11 is 0. The van der Waals surface area contributed by atoms with Crippen LogP contribution in [0.2, 0.25) is 0 Å². The van der Waals surface area contributed by atoms with Crippen molar-refractivity contribution in [2.45, 2.75) is 27.7 Å². The van der Waals surface area contributed by atoms with E-state index in [0.717, 1.165) is 22.6 Å². The normalized spacial score (nSPS) is 10.9. The predicted molar refractivity (Wildman–Crippen MR) is 88.8 cm³/mol. The van der Waals surface area contributed by atoms with Crippen molar-refractivity contribution in [3.63, 3.8) is 0 Å². The van der Waals surface area contributed by atoms with Gasteiger partial charge in [0.2, 0.25) is 0 Å². The molecule has 102 valence electrons. The van der Waals surface area contributed by atoms with E-state index >= 15 is 0 Å². The van der Waals surface area contributed by atoms with E-state index in [1.165, 1.54) is 0 Å². The second-order valence-corrected chi connectivity index (χ2v) is 3.46. The lowest BCUT2D eigenvalue weighted by molar-refractivity contribution is 0.546. The molecular formula is C18H24O. The van der Waals surface area contributed by atoms with E-state index in [-0.39, 0.29) is 0 Å². The Morgan fingerprint density at radius 1 is 0.842 bits per heavy atom. The van der Waals surface area contributed by atoms with Gasteiger partial charge in [0.1, 0.15) is 11.5 Å². The highest BCUT2D eigenvalue weighted by atomic mass is 16.3. The molecule has 0 fully saturated rings. The van der Waals surface area contributed by atoms with Crippen molar-refractivity contribution in [2.75, 3.05) is 0 Å². The van der Waals surface area contributed by atoms with Gasteiger partial charge in [-0.1, -0.05) is 63.5 Å². The molecule has 0 spiro atoms. The lowest BCUT2D eigenvalue weighted by Gasteiger charge is -1.93. The minimum Gasteiger partial charge on any atom is -0.456 e. The van der Waals surface area contributed by atoms with Gasteiger partial charge in [0.05, 0.1) is 0 Å². The second-order valence-electron chi connectivity index (χ2n) is 3.46. The van der Waals surface area contributed by atoms with Gasteiger partial charge >= 0.3 is 0 Å². The summed E-state index contributed by atoms with van der Waals surface area (Å²) < 4.78 is 5.74. The fourth-order valence-corrected chi connectivity index (χ4v) is 1.60. The van der Waals surface area contributed by atoms with Gasteiger partial charge in [0.25, 0.3) is 0 Å². The molecule has 1 aromatic heterocycles. The Bertz CT molecular complexity index is 482. The number of rotatable bonds is 5. The molecule has 0 amide bonds. The van der Waals surface area contributed by atoms with Crippen LogP contribution in [0.15, 0.2) is 41.9 Å². The number of hydrogen-bond acceptors (Lipinski definition) is 1. The Balaban J connectivity index is 0.00000154. The SMILES string of the molecule is C=C/C=C\c1c(C=C)oc(/C=C\C)c1/C=C\C.CC. The Kier molecular flexibility index (Phi) is 8.90. The third-order valence-corrected chi connectivity index (χ3v) is 2.28. The van der Waals surface area contributed by atoms with Crippen molar-refractivity contribution in [1.29, 1.82) is 0 Å². The molecule has 0 aliphatic rings. The van der Waals surface area contributed by atoms with E-state index in [2.05, 4.69) is 13.2 Å². The topological polar surface area (TPSA) is 13.1 Å². The third-order valence-electron chi connectivity index (χ3n) is 2.28. The van der Waals surface area contributed by atoms with E-state index in [0.29, 0.717) is 0 Å². The molecule has 1 heterocycles. The fraction of sp³-hybridized carbons (Fsp3) is 0.222. The summed E-state index contributed by atoms with van der Waals surface area (Å²) in [5, 5.41) is 0. The summed E-state index contributed by atoms with van der Waals surface area (Å²) in [5.41, 5.74) is 2.10. The average Bonchev–Trinajstić information content (AvgIpc) is 2.77. The first kappa shape index (κ1) is 17.0. The highest BCUT2D eigenvalue weighted by molar-refractivity contribution is 5.77. The van der Waals surface area contributed by atoms with Crippen molar-refractivity contribution >= 4 is 24.3 Å². The van der Waals surface area contributed by atoms with Crippen LogP contribution in [0.4, 0.5) is 0 Å². The fourth-order valence-electron chi connectivity index (χ4n) is 1.60. The maximum absolute atomic E-state index is 5.74. The molecule has 1 rings (SSSR count). The monoisotopic (exact) mass is 256 g/mol. The second kappa shape index (κ2) is 9.95. The van der Waals surface area contributed by atoms with Crippen molar-refractivity contribution in [2.24, 2.45) is 0 Å². The van der Waals surface area contributed by atoms with Gasteiger partial charge < -0.3 is 4.42 Å². The van der Waals surface area contributed by atoms with Crippen molar-refractivity contribution < 1.29 is 4.42 Å². The van der Waals surface area contributed by atoms with E-state index in [9.17, 15) is 0 Å². The standard InChI is InChI=1S/C16H18O.C2H6/c1-5-9-12-14-13(10-6-2)16(11-7-3)17-15(14)8-4;1-2/h5-12H,1,4H2,2-3H3;1-2H3/b10-6-,11-7-,12-9-;. The van der Waals surface area contributed by atoms with E-state index < -0.39 is 0 Å². The summed E-state index contributed by atoms with van der Waals surface area (Å²) in [6, 6.07) is 0. The molecule has 0 saturated carbocycles. The Hall–Kier alpha value is -2.02. The summed E-state index contributed by atoms with van der Waals surface area (Å²) in [7, 11) is 0. The smallest absolute Gasteiger partial charge is 0.135 e. The third kappa shape index (κ3) is 4.63. The van der Waals surface area contributed by atoms with Crippen LogP contribution >= 0.6 is 0 Å². The van der Waals surface area contributed by atoms with Gasteiger partial charge in [0.15, 0.2) is 0 Å². The summed E-state index contributed by atoms with van der Waals surface area (Å²) in [6.45, 7) is 15.4. The predicted octanol–water partition coefficient (Wildman–Crippen LogP) is 6.21. The van der Waals surface area contributed by atoms with Crippen LogP contribution in [-0.2, 0) is 0 Å². The van der Waals surface area contributed by atoms with Gasteiger partial charge in [-0.05, 0) is 26.0 Å². The van der Waals surface area contributed by atoms with Gasteiger partial charge in [-0.3, -0.25) is 0 Å². The lowest BCUT2D eigenvalue weighted by atomic mass is 10.1. The van der Waals surface area contributed by atoms with Crippen molar-refractivity contribution in [3.8, 4) is 0 Å². The Morgan fingerprint density at radius 3 is 1.89 bits per heavy atom. The molecule has 1 heteroatoms. The Morgan fingerprint density at radius 2 is 1.42 bits per heavy atom. The lowest BCUT2D eigenvalue weighted by Crippen LogP contribution is -1.78. The molecule has 0 radical (unpaired) electrons. The minimum absolute atomic E-state index is 0.782. The average molecular weight is 256 g/mol. The zero-order valence-electron chi connectivity index (χ0n) is 12.4. The zero-order valence-corrected chi connectivity index (χ0v) is 12.4. The molecule has 0 aliphatic heterocycles. The van der Waals surface area contributed by atoms with Crippen LogP contribution in [0, 0.1) is 0 Å². The van der Waals surface area contributed by atoms with E-state index in [1.54, 1.807) is 12.2 Å². The first-order chi connectivity index (χ1) is 9.28. The van der Waals surface area contributed by atoms with Crippen molar-refractivity contribution in [1.82, 2.24) is 0 Å². The van der Waals surface area contributed by atoms with Crippen LogP contribution in [0.3, 0.4) is 0 Å². The van der Waals surface area contributed by atoms with Crippen LogP contribution in [0.1, 0.15) is 50.3 Å². The minimum atomic E-state index is 0.782. The highest BCUT2D eigenvalue weighted by Crippen LogP contribution is 2.28. The van der Waals surface area contributed by atoms with Gasteiger partial charge in [-0.2, -0.15) is 0 Å². The molecular weight excluding hydrogens is 232 g/mol. The molecule has 1 aromatic rings. The molecule has 0 saturated heterocycles. The number of hydrogen-bond donors (Lipinski definition) is 0. The Labute approximate surface area is 117 Å². The first-order valence-corrected chi connectivity index (χ1v) is 6.62. The van der Waals surface area contributed by atoms with E-state index in [1.807, 2.05) is 64.2 Å². The van der Waals surface area contributed by atoms with Crippen LogP contribution in [-0.4, -0.2) is 0 Å². The van der Waals surface area contributed by atoms with Crippen LogP contribution in [0.25, 0.3) is 24.3 Å². The largest absolute Gasteiger partial charge is 0.456 e. The van der Waals surface area contributed by atoms with E-state index in [4.69, 9.17) is 4.42 Å². The quantitative estimate of drug-likeness (QED) is 0.570. The number of allylic oxidation sites excluding steroid dienone is 4. The van der Waals surface area contributed by atoms with Crippen LogP contribution in [0.5, 0.6) is 0 Å².